The monoisotopic (exact) mass is 253 g/mol. The van der Waals surface area contributed by atoms with Crippen LogP contribution in [-0.4, -0.2) is 10.1 Å². The number of pyridine rings is 1. The van der Waals surface area contributed by atoms with E-state index in [1.807, 2.05) is 38.4 Å². The molecule has 1 aromatic carbocycles. The molecule has 4 nitrogen and oxygen atoms in total. The average molecular weight is 253 g/mol. The van der Waals surface area contributed by atoms with Crippen LogP contribution in [0.1, 0.15) is 17.0 Å². The van der Waals surface area contributed by atoms with Gasteiger partial charge in [0.15, 0.2) is 0 Å². The van der Waals surface area contributed by atoms with E-state index in [-0.39, 0.29) is 0 Å². The van der Waals surface area contributed by atoms with Gasteiger partial charge in [-0.3, -0.25) is 4.98 Å². The number of aryl methyl sites for hydroxylation is 2. The van der Waals surface area contributed by atoms with Crippen molar-refractivity contribution in [1.29, 1.82) is 0 Å². The lowest BCUT2D eigenvalue weighted by molar-refractivity contribution is 0.392. The van der Waals surface area contributed by atoms with Crippen LogP contribution in [-0.2, 0) is 6.54 Å². The number of fused-ring (bicyclic) bond motifs is 1. The molecule has 0 radical (unpaired) electrons. The van der Waals surface area contributed by atoms with Crippen molar-refractivity contribution in [3.8, 4) is 0 Å². The van der Waals surface area contributed by atoms with Crippen molar-refractivity contribution in [2.75, 3.05) is 5.32 Å². The van der Waals surface area contributed by atoms with Crippen LogP contribution >= 0.6 is 0 Å². The fraction of sp³-hybridized carbons (Fsp3) is 0.200. The standard InChI is InChI=1S/C15H15N3O/c1-10-14(11(2)19-18-10)9-17-15-5-3-4-12-8-16-7-6-13(12)15/h3-8,17H,9H2,1-2H3. The fourth-order valence-electron chi connectivity index (χ4n) is 2.21. The summed E-state index contributed by atoms with van der Waals surface area (Å²) in [5, 5.41) is 9.71. The summed E-state index contributed by atoms with van der Waals surface area (Å²) >= 11 is 0. The first-order valence-corrected chi connectivity index (χ1v) is 6.24. The predicted octanol–water partition coefficient (Wildman–Crippen LogP) is 3.45. The lowest BCUT2D eigenvalue weighted by Gasteiger charge is -2.09. The smallest absolute Gasteiger partial charge is 0.138 e. The van der Waals surface area contributed by atoms with E-state index in [1.54, 1.807) is 0 Å². The highest BCUT2D eigenvalue weighted by Gasteiger charge is 2.09. The van der Waals surface area contributed by atoms with Gasteiger partial charge in [0.1, 0.15) is 5.76 Å². The number of hydrogen-bond acceptors (Lipinski definition) is 4. The van der Waals surface area contributed by atoms with E-state index >= 15 is 0 Å². The highest BCUT2D eigenvalue weighted by Crippen LogP contribution is 2.23. The fourth-order valence-corrected chi connectivity index (χ4v) is 2.21. The van der Waals surface area contributed by atoms with Crippen molar-refractivity contribution in [1.82, 2.24) is 10.1 Å². The number of hydrogen-bond donors (Lipinski definition) is 1. The van der Waals surface area contributed by atoms with Crippen molar-refractivity contribution in [2.45, 2.75) is 20.4 Å². The number of aromatic nitrogens is 2. The number of anilines is 1. The van der Waals surface area contributed by atoms with Gasteiger partial charge >= 0.3 is 0 Å². The zero-order valence-corrected chi connectivity index (χ0v) is 11.0. The zero-order valence-electron chi connectivity index (χ0n) is 11.0. The summed E-state index contributed by atoms with van der Waals surface area (Å²) in [4.78, 5) is 4.14. The second kappa shape index (κ2) is 4.72. The largest absolute Gasteiger partial charge is 0.380 e. The Bertz CT molecular complexity index is 693. The van der Waals surface area contributed by atoms with E-state index in [9.17, 15) is 0 Å². The lowest BCUT2D eigenvalue weighted by atomic mass is 10.1. The Balaban J connectivity index is 1.90. The van der Waals surface area contributed by atoms with Crippen molar-refractivity contribution in [3.05, 3.63) is 53.7 Å². The third kappa shape index (κ3) is 2.17. The van der Waals surface area contributed by atoms with Crippen molar-refractivity contribution in [3.63, 3.8) is 0 Å². The highest BCUT2D eigenvalue weighted by molar-refractivity contribution is 5.93. The number of rotatable bonds is 3. The molecule has 1 N–H and O–H groups in total. The lowest BCUT2D eigenvalue weighted by Crippen LogP contribution is -2.01. The van der Waals surface area contributed by atoms with Crippen molar-refractivity contribution < 1.29 is 4.52 Å². The molecule has 3 rings (SSSR count). The van der Waals surface area contributed by atoms with Crippen LogP contribution in [0.5, 0.6) is 0 Å². The van der Waals surface area contributed by atoms with Gasteiger partial charge in [-0.05, 0) is 26.0 Å². The predicted molar refractivity (Wildman–Crippen MR) is 75.0 cm³/mol. The molecular formula is C15H15N3O. The Morgan fingerprint density at radius 2 is 2.11 bits per heavy atom. The quantitative estimate of drug-likeness (QED) is 0.776. The Morgan fingerprint density at radius 1 is 1.21 bits per heavy atom. The van der Waals surface area contributed by atoms with Gasteiger partial charge in [-0.1, -0.05) is 17.3 Å². The zero-order chi connectivity index (χ0) is 13.2. The summed E-state index contributed by atoms with van der Waals surface area (Å²) in [5.41, 5.74) is 3.15. The van der Waals surface area contributed by atoms with Gasteiger partial charge in [-0.25, -0.2) is 0 Å². The maximum Gasteiger partial charge on any atom is 0.138 e. The Morgan fingerprint density at radius 3 is 2.89 bits per heavy atom. The van der Waals surface area contributed by atoms with Gasteiger partial charge in [-0.2, -0.15) is 0 Å². The van der Waals surface area contributed by atoms with Gasteiger partial charge in [0.25, 0.3) is 0 Å². The Labute approximate surface area is 111 Å². The first kappa shape index (κ1) is 11.7. The number of nitrogens with one attached hydrogen (secondary N) is 1. The summed E-state index contributed by atoms with van der Waals surface area (Å²) in [7, 11) is 0. The normalized spacial score (nSPS) is 10.8. The van der Waals surface area contributed by atoms with E-state index in [2.05, 4.69) is 27.6 Å². The summed E-state index contributed by atoms with van der Waals surface area (Å²) in [5.74, 6) is 0.868. The minimum atomic E-state index is 0.711. The van der Waals surface area contributed by atoms with Crippen LogP contribution in [0.4, 0.5) is 5.69 Å². The Hall–Kier alpha value is -2.36. The van der Waals surface area contributed by atoms with Crippen molar-refractivity contribution in [2.24, 2.45) is 0 Å². The molecule has 0 amide bonds. The van der Waals surface area contributed by atoms with Gasteiger partial charge in [0, 0.05) is 41.0 Å². The average Bonchev–Trinajstić information content (AvgIpc) is 2.76. The van der Waals surface area contributed by atoms with Gasteiger partial charge in [-0.15, -0.1) is 0 Å². The third-order valence-electron chi connectivity index (χ3n) is 3.32. The molecule has 0 unspecified atom stereocenters. The second-order valence-corrected chi connectivity index (χ2v) is 4.56. The number of benzene rings is 1. The van der Waals surface area contributed by atoms with E-state index in [1.165, 1.54) is 5.39 Å². The summed E-state index contributed by atoms with van der Waals surface area (Å²) in [6.07, 6.45) is 3.68. The molecule has 19 heavy (non-hydrogen) atoms. The molecular weight excluding hydrogens is 238 g/mol. The van der Waals surface area contributed by atoms with Crippen molar-refractivity contribution >= 4 is 16.5 Å². The van der Waals surface area contributed by atoms with Crippen LogP contribution in [0, 0.1) is 13.8 Å². The third-order valence-corrected chi connectivity index (χ3v) is 3.32. The highest BCUT2D eigenvalue weighted by atomic mass is 16.5. The molecule has 2 heterocycles. The summed E-state index contributed by atoms with van der Waals surface area (Å²) in [6, 6.07) is 8.18. The molecule has 96 valence electrons. The van der Waals surface area contributed by atoms with Crippen LogP contribution in [0.15, 0.2) is 41.2 Å². The molecule has 0 aliphatic rings. The topological polar surface area (TPSA) is 51.0 Å². The van der Waals surface area contributed by atoms with Crippen LogP contribution < -0.4 is 5.32 Å². The van der Waals surface area contributed by atoms with Gasteiger partial charge < -0.3 is 9.84 Å². The first-order valence-electron chi connectivity index (χ1n) is 6.24. The molecule has 4 heteroatoms. The van der Waals surface area contributed by atoms with Gasteiger partial charge in [0.2, 0.25) is 0 Å². The molecule has 0 aliphatic carbocycles. The van der Waals surface area contributed by atoms with Crippen LogP contribution in [0.2, 0.25) is 0 Å². The summed E-state index contributed by atoms with van der Waals surface area (Å²) < 4.78 is 5.17. The minimum absolute atomic E-state index is 0.711. The molecule has 0 saturated carbocycles. The molecule has 0 saturated heterocycles. The molecule has 0 fully saturated rings. The Kier molecular flexibility index (Phi) is 2.91. The number of nitrogens with zero attached hydrogens (tertiary/aromatic N) is 2. The molecule has 0 aliphatic heterocycles. The maximum atomic E-state index is 5.17. The van der Waals surface area contributed by atoms with Gasteiger partial charge in [0.05, 0.1) is 5.69 Å². The molecule has 3 aromatic rings. The van der Waals surface area contributed by atoms with E-state index in [4.69, 9.17) is 4.52 Å². The molecule has 0 spiro atoms. The van der Waals surface area contributed by atoms with E-state index < -0.39 is 0 Å². The molecule has 0 bridgehead atoms. The van der Waals surface area contributed by atoms with Crippen LogP contribution in [0.3, 0.4) is 0 Å². The first-order chi connectivity index (χ1) is 9.25. The second-order valence-electron chi connectivity index (χ2n) is 4.56. The molecule has 0 atom stereocenters. The minimum Gasteiger partial charge on any atom is -0.380 e. The SMILES string of the molecule is Cc1noc(C)c1CNc1cccc2cnccc12. The van der Waals surface area contributed by atoms with E-state index in [0.717, 1.165) is 28.1 Å². The van der Waals surface area contributed by atoms with E-state index in [0.29, 0.717) is 6.54 Å². The van der Waals surface area contributed by atoms with Crippen LogP contribution in [0.25, 0.3) is 10.8 Å². The maximum absolute atomic E-state index is 5.17. The summed E-state index contributed by atoms with van der Waals surface area (Å²) in [6.45, 7) is 4.60. The molecule has 2 aromatic heterocycles.